The van der Waals surface area contributed by atoms with Gasteiger partial charge in [-0.1, -0.05) is 17.7 Å². The van der Waals surface area contributed by atoms with Gasteiger partial charge in [-0.15, -0.1) is 6.58 Å². The first kappa shape index (κ1) is 13.6. The lowest BCUT2D eigenvalue weighted by atomic mass is 10.1. The second kappa shape index (κ2) is 6.95. The first-order valence-electron chi connectivity index (χ1n) is 5.27. The summed E-state index contributed by atoms with van der Waals surface area (Å²) in [6.45, 7) is 5.65. The molecule has 1 aromatic carbocycles. The highest BCUT2D eigenvalue weighted by Gasteiger charge is 2.10. The molecule has 0 aromatic heterocycles. The molecule has 0 bridgehead atoms. The smallest absolute Gasteiger partial charge is 0.101 e. The Morgan fingerprint density at radius 1 is 1.59 bits per heavy atom. The van der Waals surface area contributed by atoms with Crippen LogP contribution in [-0.4, -0.2) is 26.8 Å². The summed E-state index contributed by atoms with van der Waals surface area (Å²) < 4.78 is 5.05. The van der Waals surface area contributed by atoms with E-state index in [2.05, 4.69) is 12.6 Å². The van der Waals surface area contributed by atoms with E-state index in [0.717, 1.165) is 5.69 Å². The zero-order valence-electron chi connectivity index (χ0n) is 9.82. The number of rotatable bonds is 6. The lowest BCUT2D eigenvalue weighted by molar-refractivity contribution is 0.206. The molecule has 4 heteroatoms. The molecule has 0 spiro atoms. The van der Waals surface area contributed by atoms with Gasteiger partial charge in [0.25, 0.3) is 0 Å². The normalized spacial score (nSPS) is 9.71. The number of benzene rings is 1. The summed E-state index contributed by atoms with van der Waals surface area (Å²) in [6, 6.07) is 7.39. The van der Waals surface area contributed by atoms with Crippen molar-refractivity contribution in [3.05, 3.63) is 41.4 Å². The monoisotopic (exact) mass is 250 g/mol. The molecule has 0 fully saturated rings. The average molecular weight is 251 g/mol. The van der Waals surface area contributed by atoms with Crippen LogP contribution in [0.4, 0.5) is 5.69 Å². The first-order chi connectivity index (χ1) is 8.22. The number of anilines is 1. The number of nitrogens with zero attached hydrogens (tertiary/aromatic N) is 2. The second-order valence-corrected chi connectivity index (χ2v) is 3.94. The van der Waals surface area contributed by atoms with Gasteiger partial charge in [0, 0.05) is 25.2 Å². The molecule has 0 unspecified atom stereocenters. The van der Waals surface area contributed by atoms with Gasteiger partial charge < -0.3 is 9.64 Å². The van der Waals surface area contributed by atoms with Gasteiger partial charge >= 0.3 is 0 Å². The maximum atomic E-state index is 9.08. The van der Waals surface area contributed by atoms with Crippen LogP contribution in [0.3, 0.4) is 0 Å². The van der Waals surface area contributed by atoms with E-state index in [9.17, 15) is 0 Å². The van der Waals surface area contributed by atoms with Gasteiger partial charge in [0.05, 0.1) is 17.9 Å². The molecule has 0 radical (unpaired) electrons. The van der Waals surface area contributed by atoms with Crippen molar-refractivity contribution in [1.82, 2.24) is 0 Å². The summed E-state index contributed by atoms with van der Waals surface area (Å²) in [7, 11) is 1.65. The fourth-order valence-electron chi connectivity index (χ4n) is 1.53. The quantitative estimate of drug-likeness (QED) is 0.729. The van der Waals surface area contributed by atoms with Crippen molar-refractivity contribution < 1.29 is 4.74 Å². The molecule has 1 aromatic rings. The van der Waals surface area contributed by atoms with E-state index in [4.69, 9.17) is 21.6 Å². The SMILES string of the molecule is C=CCN(CCOC)c1cc(Cl)ccc1C#N. The highest BCUT2D eigenvalue weighted by Crippen LogP contribution is 2.24. The highest BCUT2D eigenvalue weighted by atomic mass is 35.5. The van der Waals surface area contributed by atoms with E-state index < -0.39 is 0 Å². The van der Waals surface area contributed by atoms with Crippen LogP contribution >= 0.6 is 11.6 Å². The van der Waals surface area contributed by atoms with E-state index in [1.807, 2.05) is 4.90 Å². The molecule has 0 aliphatic rings. The van der Waals surface area contributed by atoms with Crippen molar-refractivity contribution >= 4 is 17.3 Å². The van der Waals surface area contributed by atoms with E-state index >= 15 is 0 Å². The Balaban J connectivity index is 3.03. The summed E-state index contributed by atoms with van der Waals surface area (Å²) in [5.74, 6) is 0. The third kappa shape index (κ3) is 3.77. The highest BCUT2D eigenvalue weighted by molar-refractivity contribution is 6.30. The van der Waals surface area contributed by atoms with E-state index in [1.54, 1.807) is 31.4 Å². The number of methoxy groups -OCH3 is 1. The van der Waals surface area contributed by atoms with Gasteiger partial charge in [0.15, 0.2) is 0 Å². The third-order valence-electron chi connectivity index (χ3n) is 2.34. The molecule has 0 amide bonds. The van der Waals surface area contributed by atoms with Crippen LogP contribution < -0.4 is 4.90 Å². The number of ether oxygens (including phenoxy) is 1. The van der Waals surface area contributed by atoms with Crippen LogP contribution in [0.2, 0.25) is 5.02 Å². The zero-order valence-corrected chi connectivity index (χ0v) is 10.6. The minimum atomic E-state index is 0.589. The van der Waals surface area contributed by atoms with Crippen molar-refractivity contribution in [2.45, 2.75) is 0 Å². The predicted molar refractivity (Wildman–Crippen MR) is 70.5 cm³/mol. The van der Waals surface area contributed by atoms with Crippen molar-refractivity contribution in [3.63, 3.8) is 0 Å². The number of hydrogen-bond acceptors (Lipinski definition) is 3. The molecule has 0 N–H and O–H groups in total. The molecule has 3 nitrogen and oxygen atoms in total. The average Bonchev–Trinajstić information content (AvgIpc) is 2.34. The van der Waals surface area contributed by atoms with Crippen LogP contribution in [-0.2, 0) is 4.74 Å². The van der Waals surface area contributed by atoms with Gasteiger partial charge in [-0.2, -0.15) is 5.26 Å². The van der Waals surface area contributed by atoms with E-state index in [-0.39, 0.29) is 0 Å². The summed E-state index contributed by atoms with van der Waals surface area (Å²) in [4.78, 5) is 2.01. The van der Waals surface area contributed by atoms with Crippen molar-refractivity contribution in [2.24, 2.45) is 0 Å². The molecule has 0 aliphatic carbocycles. The Morgan fingerprint density at radius 3 is 2.94 bits per heavy atom. The molecule has 0 aliphatic heterocycles. The molecular weight excluding hydrogens is 236 g/mol. The van der Waals surface area contributed by atoms with Crippen LogP contribution in [0.5, 0.6) is 0 Å². The molecule has 0 saturated carbocycles. The summed E-state index contributed by atoms with van der Waals surface area (Å²) >= 11 is 5.96. The molecule has 0 atom stereocenters. The lowest BCUT2D eigenvalue weighted by Crippen LogP contribution is -2.28. The zero-order chi connectivity index (χ0) is 12.7. The molecule has 0 saturated heterocycles. The van der Waals surface area contributed by atoms with Crippen LogP contribution in [0.15, 0.2) is 30.9 Å². The summed E-state index contributed by atoms with van der Waals surface area (Å²) in [5, 5.41) is 9.69. The predicted octanol–water partition coefficient (Wildman–Crippen LogP) is 2.85. The van der Waals surface area contributed by atoms with Crippen LogP contribution in [0.25, 0.3) is 0 Å². The minimum absolute atomic E-state index is 0.589. The Labute approximate surface area is 107 Å². The molecule has 1 rings (SSSR count). The lowest BCUT2D eigenvalue weighted by Gasteiger charge is -2.24. The Morgan fingerprint density at radius 2 is 2.35 bits per heavy atom. The van der Waals surface area contributed by atoms with Crippen molar-refractivity contribution in [1.29, 1.82) is 5.26 Å². The van der Waals surface area contributed by atoms with E-state index in [1.165, 1.54) is 0 Å². The fourth-order valence-corrected chi connectivity index (χ4v) is 1.69. The van der Waals surface area contributed by atoms with Gasteiger partial charge in [-0.3, -0.25) is 0 Å². The number of nitriles is 1. The van der Waals surface area contributed by atoms with Crippen molar-refractivity contribution in [2.75, 3.05) is 31.7 Å². The van der Waals surface area contributed by atoms with Crippen LogP contribution in [0, 0.1) is 11.3 Å². The minimum Gasteiger partial charge on any atom is -0.383 e. The Kier molecular flexibility index (Phi) is 5.55. The maximum absolute atomic E-state index is 9.08. The molecule has 0 heterocycles. The van der Waals surface area contributed by atoms with Gasteiger partial charge in [-0.25, -0.2) is 0 Å². The van der Waals surface area contributed by atoms with Crippen LogP contribution in [0.1, 0.15) is 5.56 Å². The summed E-state index contributed by atoms with van der Waals surface area (Å²) in [5.41, 5.74) is 1.42. The Hall–Kier alpha value is -1.50. The number of halogens is 1. The largest absolute Gasteiger partial charge is 0.383 e. The number of hydrogen-bond donors (Lipinski definition) is 0. The summed E-state index contributed by atoms with van der Waals surface area (Å²) in [6.07, 6.45) is 1.79. The standard InChI is InChI=1S/C13H15ClN2O/c1-3-6-16(7-8-17-2)13-9-12(14)5-4-11(13)10-15/h3-5,9H,1,6-8H2,2H3. The fraction of sp³-hybridized carbons (Fsp3) is 0.308. The molecule has 90 valence electrons. The molecule has 17 heavy (non-hydrogen) atoms. The third-order valence-corrected chi connectivity index (χ3v) is 2.57. The first-order valence-corrected chi connectivity index (χ1v) is 5.65. The van der Waals surface area contributed by atoms with E-state index in [0.29, 0.717) is 30.3 Å². The second-order valence-electron chi connectivity index (χ2n) is 3.50. The van der Waals surface area contributed by atoms with Gasteiger partial charge in [-0.05, 0) is 18.2 Å². The topological polar surface area (TPSA) is 36.3 Å². The van der Waals surface area contributed by atoms with Crippen molar-refractivity contribution in [3.8, 4) is 6.07 Å². The Bertz CT molecular complexity index is 426. The maximum Gasteiger partial charge on any atom is 0.101 e. The molecular formula is C13H15ClN2O. The van der Waals surface area contributed by atoms with Gasteiger partial charge in [0.2, 0.25) is 0 Å². The van der Waals surface area contributed by atoms with Gasteiger partial charge in [0.1, 0.15) is 6.07 Å².